The van der Waals surface area contributed by atoms with Crippen molar-refractivity contribution in [3.63, 3.8) is 0 Å². The van der Waals surface area contributed by atoms with Crippen LogP contribution in [0.3, 0.4) is 0 Å². The van der Waals surface area contributed by atoms with Crippen molar-refractivity contribution in [3.8, 4) is 11.5 Å². The number of Topliss-reactive ketones (excluding diaryl/α,β-unsaturated/α-hetero) is 1. The average Bonchev–Trinajstić information content (AvgIpc) is 3.58. The lowest BCUT2D eigenvalue weighted by molar-refractivity contribution is -0.132. The molecule has 214 valence electrons. The molecule has 3 aromatic carbocycles. The van der Waals surface area contributed by atoms with Crippen molar-refractivity contribution in [2.24, 2.45) is 0 Å². The van der Waals surface area contributed by atoms with E-state index in [1.807, 2.05) is 31.2 Å². The summed E-state index contributed by atoms with van der Waals surface area (Å²) in [5.74, 6) is -0.389. The first-order valence-corrected chi connectivity index (χ1v) is 15.2. The van der Waals surface area contributed by atoms with Crippen molar-refractivity contribution in [3.05, 3.63) is 113 Å². The van der Waals surface area contributed by atoms with Gasteiger partial charge in [-0.3, -0.25) is 14.5 Å². The molecule has 0 spiro atoms. The van der Waals surface area contributed by atoms with E-state index in [0.29, 0.717) is 44.3 Å². The molecule has 1 fully saturated rings. The van der Waals surface area contributed by atoms with Gasteiger partial charge in [0, 0.05) is 16.3 Å². The van der Waals surface area contributed by atoms with Crippen LogP contribution >= 0.6 is 34.7 Å². The molecule has 0 radical (unpaired) electrons. The van der Waals surface area contributed by atoms with Gasteiger partial charge in [0.1, 0.15) is 12.4 Å². The molecule has 2 heterocycles. The van der Waals surface area contributed by atoms with Crippen molar-refractivity contribution < 1.29 is 24.2 Å². The number of aromatic nitrogens is 2. The summed E-state index contributed by atoms with van der Waals surface area (Å²) in [4.78, 5) is 28.4. The van der Waals surface area contributed by atoms with Gasteiger partial charge in [0.05, 0.1) is 18.2 Å². The SMILES string of the molecule is C=CCOc1ccc(C2/C(=C(\O)c3ccccc3)C(=O)C(=O)N2c2nnc(SCc3ccc(Cl)cc3)s2)cc1OCC. The summed E-state index contributed by atoms with van der Waals surface area (Å²) in [6, 6.07) is 20.3. The van der Waals surface area contributed by atoms with Crippen molar-refractivity contribution in [2.45, 2.75) is 23.1 Å². The Hall–Kier alpha value is -4.12. The minimum atomic E-state index is -0.986. The van der Waals surface area contributed by atoms with Gasteiger partial charge in [0.2, 0.25) is 5.13 Å². The van der Waals surface area contributed by atoms with Crippen LogP contribution in [0.1, 0.15) is 29.7 Å². The summed E-state index contributed by atoms with van der Waals surface area (Å²) in [6.45, 7) is 6.16. The van der Waals surface area contributed by atoms with Gasteiger partial charge >= 0.3 is 5.91 Å². The second-order valence-electron chi connectivity index (χ2n) is 9.04. The predicted octanol–water partition coefficient (Wildman–Crippen LogP) is 7.07. The number of amides is 1. The number of benzene rings is 3. The maximum Gasteiger partial charge on any atom is 0.301 e. The van der Waals surface area contributed by atoms with Crippen molar-refractivity contribution >= 4 is 57.3 Å². The zero-order valence-corrected chi connectivity index (χ0v) is 24.9. The van der Waals surface area contributed by atoms with Gasteiger partial charge in [0.25, 0.3) is 5.78 Å². The third kappa shape index (κ3) is 6.20. The molecular formula is C31H26ClN3O5S2. The first-order valence-electron chi connectivity index (χ1n) is 13.0. The number of hydrogen-bond donors (Lipinski definition) is 1. The second kappa shape index (κ2) is 13.2. The molecule has 1 atom stereocenters. The molecule has 1 aliphatic rings. The summed E-state index contributed by atoms with van der Waals surface area (Å²) in [7, 11) is 0. The molecule has 1 aromatic heterocycles. The molecule has 1 amide bonds. The van der Waals surface area contributed by atoms with E-state index in [1.165, 1.54) is 28.0 Å². The van der Waals surface area contributed by atoms with Crippen LogP contribution in [-0.4, -0.2) is 40.2 Å². The van der Waals surface area contributed by atoms with E-state index < -0.39 is 17.7 Å². The Balaban J connectivity index is 1.56. The van der Waals surface area contributed by atoms with E-state index in [4.69, 9.17) is 21.1 Å². The van der Waals surface area contributed by atoms with Crippen molar-refractivity contribution in [1.82, 2.24) is 10.2 Å². The Kier molecular flexibility index (Phi) is 9.26. The zero-order chi connectivity index (χ0) is 29.6. The number of rotatable bonds is 11. The molecule has 4 aromatic rings. The maximum atomic E-state index is 13.6. The third-order valence-corrected chi connectivity index (χ3v) is 8.69. The minimum absolute atomic E-state index is 0.0565. The fourth-order valence-electron chi connectivity index (χ4n) is 4.41. The Morgan fingerprint density at radius 1 is 1.07 bits per heavy atom. The number of ether oxygens (including phenoxy) is 2. The minimum Gasteiger partial charge on any atom is -0.507 e. The first-order chi connectivity index (χ1) is 20.4. The number of aliphatic hydroxyl groups excluding tert-OH is 1. The molecule has 0 saturated carbocycles. The lowest BCUT2D eigenvalue weighted by Gasteiger charge is -2.23. The molecule has 1 saturated heterocycles. The van der Waals surface area contributed by atoms with E-state index in [1.54, 1.807) is 54.6 Å². The van der Waals surface area contributed by atoms with E-state index >= 15 is 0 Å². The Morgan fingerprint density at radius 3 is 2.55 bits per heavy atom. The highest BCUT2D eigenvalue weighted by atomic mass is 35.5. The maximum absolute atomic E-state index is 13.6. The fraction of sp³-hybridized carbons (Fsp3) is 0.161. The Morgan fingerprint density at radius 2 is 1.83 bits per heavy atom. The van der Waals surface area contributed by atoms with Gasteiger partial charge in [-0.2, -0.15) is 0 Å². The van der Waals surface area contributed by atoms with E-state index in [9.17, 15) is 14.7 Å². The molecule has 1 aliphatic heterocycles. The molecule has 8 nitrogen and oxygen atoms in total. The van der Waals surface area contributed by atoms with E-state index in [2.05, 4.69) is 16.8 Å². The highest BCUT2D eigenvalue weighted by Crippen LogP contribution is 2.45. The van der Waals surface area contributed by atoms with Gasteiger partial charge in [-0.1, -0.05) is 95.9 Å². The van der Waals surface area contributed by atoms with Gasteiger partial charge in [-0.25, -0.2) is 0 Å². The first kappa shape index (κ1) is 29.4. The number of ketones is 1. The number of nitrogens with zero attached hydrogens (tertiary/aromatic N) is 3. The molecule has 0 bridgehead atoms. The molecule has 1 unspecified atom stereocenters. The standard InChI is InChI=1S/C31H26ClN3O5S2/c1-3-16-40-23-15-12-21(17-24(23)39-4-2)26-25(27(36)20-8-6-5-7-9-20)28(37)29(38)35(26)30-33-34-31(42-30)41-18-19-10-13-22(32)14-11-19/h3,5-15,17,26,36H,1,4,16,18H2,2H3/b27-25+. The number of aliphatic hydroxyl groups is 1. The molecule has 11 heteroatoms. The van der Waals surface area contributed by atoms with Crippen LogP contribution in [0.25, 0.3) is 5.76 Å². The molecule has 5 rings (SSSR count). The van der Waals surface area contributed by atoms with Crippen LogP contribution in [0, 0.1) is 0 Å². The third-order valence-electron chi connectivity index (χ3n) is 6.31. The predicted molar refractivity (Wildman–Crippen MR) is 165 cm³/mol. The highest BCUT2D eigenvalue weighted by molar-refractivity contribution is 8.00. The smallest absolute Gasteiger partial charge is 0.301 e. The number of thioether (sulfide) groups is 1. The molecule has 1 N–H and O–H groups in total. The lowest BCUT2D eigenvalue weighted by Crippen LogP contribution is -2.29. The van der Waals surface area contributed by atoms with Gasteiger partial charge in [0.15, 0.2) is 15.8 Å². The van der Waals surface area contributed by atoms with E-state index in [0.717, 1.165) is 5.56 Å². The lowest BCUT2D eigenvalue weighted by atomic mass is 9.95. The van der Waals surface area contributed by atoms with Crippen LogP contribution in [0.5, 0.6) is 11.5 Å². The summed E-state index contributed by atoms with van der Waals surface area (Å²) in [5, 5.41) is 20.8. The molecular weight excluding hydrogens is 594 g/mol. The van der Waals surface area contributed by atoms with Crippen LogP contribution in [0.15, 0.2) is 95.4 Å². The fourth-order valence-corrected chi connectivity index (χ4v) is 6.36. The quantitative estimate of drug-likeness (QED) is 0.0475. The summed E-state index contributed by atoms with van der Waals surface area (Å²) >= 11 is 8.64. The Labute approximate surface area is 256 Å². The largest absolute Gasteiger partial charge is 0.507 e. The normalized spacial score (nSPS) is 16.0. The van der Waals surface area contributed by atoms with Crippen LogP contribution in [0.4, 0.5) is 5.13 Å². The van der Waals surface area contributed by atoms with Crippen molar-refractivity contribution in [2.75, 3.05) is 18.1 Å². The average molecular weight is 620 g/mol. The van der Waals surface area contributed by atoms with Crippen LogP contribution in [0.2, 0.25) is 5.02 Å². The summed E-state index contributed by atoms with van der Waals surface area (Å²) in [6.07, 6.45) is 1.62. The van der Waals surface area contributed by atoms with Gasteiger partial charge < -0.3 is 14.6 Å². The van der Waals surface area contributed by atoms with E-state index in [-0.39, 0.29) is 23.1 Å². The monoisotopic (exact) mass is 619 g/mol. The molecule has 42 heavy (non-hydrogen) atoms. The topological polar surface area (TPSA) is 102 Å². The van der Waals surface area contributed by atoms with Crippen LogP contribution in [-0.2, 0) is 15.3 Å². The zero-order valence-electron chi connectivity index (χ0n) is 22.5. The summed E-state index contributed by atoms with van der Waals surface area (Å²) in [5.41, 5.74) is 1.94. The number of carbonyl (C=O) groups excluding carboxylic acids is 2. The number of anilines is 1. The molecule has 0 aliphatic carbocycles. The van der Waals surface area contributed by atoms with Crippen molar-refractivity contribution in [1.29, 1.82) is 0 Å². The van der Waals surface area contributed by atoms with Crippen LogP contribution < -0.4 is 14.4 Å². The highest BCUT2D eigenvalue weighted by Gasteiger charge is 2.48. The summed E-state index contributed by atoms with van der Waals surface area (Å²) < 4.78 is 12.2. The van der Waals surface area contributed by atoms with Gasteiger partial charge in [-0.15, -0.1) is 10.2 Å². The number of carbonyl (C=O) groups is 2. The number of hydrogen-bond acceptors (Lipinski definition) is 9. The van der Waals surface area contributed by atoms with Gasteiger partial charge in [-0.05, 0) is 42.3 Å². The second-order valence-corrected chi connectivity index (χ2v) is 11.7. The Bertz CT molecular complexity index is 1640. The number of halogens is 1.